The Balaban J connectivity index is 1.50. The van der Waals surface area contributed by atoms with Crippen molar-refractivity contribution in [3.05, 3.63) is 52.7 Å². The average molecular weight is 415 g/mol. The van der Waals surface area contributed by atoms with Gasteiger partial charge in [-0.15, -0.1) is 11.8 Å². The first-order valence-electron chi connectivity index (χ1n) is 9.10. The number of amides is 2. The van der Waals surface area contributed by atoms with E-state index in [1.165, 1.54) is 23.9 Å². The fraction of sp³-hybridized carbons (Fsp3) is 0.316. The molecule has 29 heavy (non-hydrogen) atoms. The van der Waals surface area contributed by atoms with Crippen LogP contribution < -0.4 is 16.0 Å². The molecule has 0 aliphatic carbocycles. The number of nitro groups is 1. The quantitative estimate of drug-likeness (QED) is 0.403. The van der Waals surface area contributed by atoms with Gasteiger partial charge in [0, 0.05) is 30.1 Å². The zero-order valence-corrected chi connectivity index (χ0v) is 16.4. The maximum Gasteiger partial charge on any atom is 0.269 e. The molecular formula is C19H21N5O4S. The van der Waals surface area contributed by atoms with Gasteiger partial charge in [0.1, 0.15) is 5.82 Å². The van der Waals surface area contributed by atoms with Gasteiger partial charge in [0.25, 0.3) is 5.69 Å². The highest BCUT2D eigenvalue weighted by Crippen LogP contribution is 2.23. The number of aromatic nitrogens is 1. The van der Waals surface area contributed by atoms with E-state index >= 15 is 0 Å². The van der Waals surface area contributed by atoms with Crippen LogP contribution in [0.3, 0.4) is 0 Å². The number of hydrogen-bond acceptors (Lipinski definition) is 7. The first-order valence-corrected chi connectivity index (χ1v) is 10.1. The van der Waals surface area contributed by atoms with E-state index in [1.54, 1.807) is 24.4 Å². The van der Waals surface area contributed by atoms with Crippen molar-refractivity contribution in [3.63, 3.8) is 0 Å². The second-order valence-electron chi connectivity index (χ2n) is 6.68. The van der Waals surface area contributed by atoms with Crippen LogP contribution in [0, 0.1) is 16.0 Å². The topological polar surface area (TPSA) is 131 Å². The number of nitrogens with one attached hydrogen (secondary N) is 1. The summed E-state index contributed by atoms with van der Waals surface area (Å²) in [4.78, 5) is 40.9. The van der Waals surface area contributed by atoms with Crippen LogP contribution in [0.2, 0.25) is 0 Å². The summed E-state index contributed by atoms with van der Waals surface area (Å²) in [7, 11) is 0. The SMILES string of the molecule is NC(=O)C1CCCN(c2ccc(NC(=O)CSc3ccc([N+](=O)[O-])cc3)cn2)C1. The van der Waals surface area contributed by atoms with Gasteiger partial charge in [0.15, 0.2) is 0 Å². The van der Waals surface area contributed by atoms with Gasteiger partial charge in [-0.3, -0.25) is 19.7 Å². The molecule has 3 rings (SSSR count). The Morgan fingerprint density at radius 3 is 2.66 bits per heavy atom. The number of non-ortho nitro benzene ring substituents is 1. The van der Waals surface area contributed by atoms with E-state index < -0.39 is 4.92 Å². The molecule has 3 N–H and O–H groups in total. The van der Waals surface area contributed by atoms with Crippen LogP contribution in [-0.4, -0.2) is 40.6 Å². The molecule has 1 unspecified atom stereocenters. The molecule has 0 saturated carbocycles. The number of carbonyl (C=O) groups excluding carboxylic acids is 2. The lowest BCUT2D eigenvalue weighted by atomic mass is 9.97. The average Bonchev–Trinajstić information content (AvgIpc) is 2.73. The second-order valence-corrected chi connectivity index (χ2v) is 7.73. The van der Waals surface area contributed by atoms with E-state index in [9.17, 15) is 19.7 Å². The number of primary amides is 1. The van der Waals surface area contributed by atoms with Crippen LogP contribution in [0.4, 0.5) is 17.2 Å². The molecule has 1 saturated heterocycles. The number of hydrogen-bond donors (Lipinski definition) is 2. The molecule has 1 aromatic carbocycles. The highest BCUT2D eigenvalue weighted by molar-refractivity contribution is 8.00. The number of piperidine rings is 1. The Hall–Kier alpha value is -3.14. The number of anilines is 2. The third-order valence-corrected chi connectivity index (χ3v) is 5.61. The molecule has 1 atom stereocenters. The molecule has 0 bridgehead atoms. The molecule has 10 heteroatoms. The number of nitrogens with zero attached hydrogens (tertiary/aromatic N) is 3. The summed E-state index contributed by atoms with van der Waals surface area (Å²) in [6.45, 7) is 1.37. The molecule has 9 nitrogen and oxygen atoms in total. The largest absolute Gasteiger partial charge is 0.369 e. The van der Waals surface area contributed by atoms with Gasteiger partial charge in [0.05, 0.1) is 28.5 Å². The van der Waals surface area contributed by atoms with E-state index in [1.807, 2.05) is 11.0 Å². The Bertz CT molecular complexity index is 888. The number of benzene rings is 1. The second kappa shape index (κ2) is 9.37. The Labute approximate surface area is 171 Å². The lowest BCUT2D eigenvalue weighted by Gasteiger charge is -2.32. The van der Waals surface area contributed by atoms with Crippen LogP contribution >= 0.6 is 11.8 Å². The Kier molecular flexibility index (Phi) is 6.65. The predicted molar refractivity (Wildman–Crippen MR) is 111 cm³/mol. The zero-order valence-electron chi connectivity index (χ0n) is 15.6. The molecule has 2 heterocycles. The van der Waals surface area contributed by atoms with E-state index in [4.69, 9.17) is 5.73 Å². The fourth-order valence-electron chi connectivity index (χ4n) is 3.07. The van der Waals surface area contributed by atoms with Gasteiger partial charge in [0.2, 0.25) is 11.8 Å². The van der Waals surface area contributed by atoms with Crippen LogP contribution in [-0.2, 0) is 9.59 Å². The summed E-state index contributed by atoms with van der Waals surface area (Å²) in [5.41, 5.74) is 6.00. The van der Waals surface area contributed by atoms with Crippen molar-refractivity contribution in [2.45, 2.75) is 17.7 Å². The smallest absolute Gasteiger partial charge is 0.269 e. The number of nitrogens with two attached hydrogens (primary N) is 1. The van der Waals surface area contributed by atoms with Crippen LogP contribution in [0.5, 0.6) is 0 Å². The lowest BCUT2D eigenvalue weighted by molar-refractivity contribution is -0.384. The third kappa shape index (κ3) is 5.67. The van der Waals surface area contributed by atoms with Crippen LogP contribution in [0.1, 0.15) is 12.8 Å². The number of pyridine rings is 1. The maximum absolute atomic E-state index is 12.1. The van der Waals surface area contributed by atoms with Crippen molar-refractivity contribution in [2.24, 2.45) is 11.7 Å². The monoisotopic (exact) mass is 415 g/mol. The molecule has 1 aromatic heterocycles. The standard InChI is InChI=1S/C19H21N5O4S/c20-19(26)13-2-1-9-23(11-13)17-8-3-14(10-21-17)22-18(25)12-29-16-6-4-15(5-7-16)24(27)28/h3-8,10,13H,1-2,9,11-12H2,(H2,20,26)(H,22,25). The molecule has 1 aliphatic rings. The van der Waals surface area contributed by atoms with Gasteiger partial charge < -0.3 is 16.0 Å². The molecule has 152 valence electrons. The van der Waals surface area contributed by atoms with Crippen molar-refractivity contribution in [1.29, 1.82) is 0 Å². The molecule has 0 spiro atoms. The molecule has 2 amide bonds. The van der Waals surface area contributed by atoms with Crippen molar-refractivity contribution < 1.29 is 14.5 Å². The summed E-state index contributed by atoms with van der Waals surface area (Å²) < 4.78 is 0. The van der Waals surface area contributed by atoms with Gasteiger partial charge in [-0.25, -0.2) is 4.98 Å². The highest BCUT2D eigenvalue weighted by Gasteiger charge is 2.24. The van der Waals surface area contributed by atoms with Crippen molar-refractivity contribution >= 4 is 40.8 Å². The summed E-state index contributed by atoms with van der Waals surface area (Å²) in [6, 6.07) is 9.63. The van der Waals surface area contributed by atoms with Gasteiger partial charge in [-0.2, -0.15) is 0 Å². The molecular weight excluding hydrogens is 394 g/mol. The minimum absolute atomic E-state index is 0.0146. The number of nitro benzene ring substituents is 1. The molecule has 0 radical (unpaired) electrons. The summed E-state index contributed by atoms with van der Waals surface area (Å²) in [6.07, 6.45) is 3.26. The summed E-state index contributed by atoms with van der Waals surface area (Å²) in [5.74, 6) is 0.265. The highest BCUT2D eigenvalue weighted by atomic mass is 32.2. The normalized spacial score (nSPS) is 16.3. The number of rotatable bonds is 7. The number of carbonyl (C=O) groups is 2. The first-order chi connectivity index (χ1) is 13.9. The fourth-order valence-corrected chi connectivity index (χ4v) is 3.77. The van der Waals surface area contributed by atoms with Crippen molar-refractivity contribution in [2.75, 3.05) is 29.1 Å². The first kappa shape index (κ1) is 20.6. The molecule has 1 fully saturated rings. The van der Waals surface area contributed by atoms with Crippen LogP contribution in [0.15, 0.2) is 47.5 Å². The lowest BCUT2D eigenvalue weighted by Crippen LogP contribution is -2.41. The van der Waals surface area contributed by atoms with E-state index in [-0.39, 0.29) is 29.2 Å². The third-order valence-electron chi connectivity index (χ3n) is 4.60. The van der Waals surface area contributed by atoms with E-state index in [0.717, 1.165) is 30.1 Å². The zero-order chi connectivity index (χ0) is 20.8. The Morgan fingerprint density at radius 1 is 1.28 bits per heavy atom. The van der Waals surface area contributed by atoms with Crippen LogP contribution in [0.25, 0.3) is 0 Å². The minimum atomic E-state index is -0.463. The van der Waals surface area contributed by atoms with Gasteiger partial charge in [-0.1, -0.05) is 0 Å². The van der Waals surface area contributed by atoms with E-state index in [2.05, 4.69) is 10.3 Å². The van der Waals surface area contributed by atoms with Crippen molar-refractivity contribution in [1.82, 2.24) is 4.98 Å². The summed E-state index contributed by atoms with van der Waals surface area (Å²) >= 11 is 1.29. The Morgan fingerprint density at radius 2 is 2.03 bits per heavy atom. The van der Waals surface area contributed by atoms with E-state index in [0.29, 0.717) is 12.2 Å². The predicted octanol–water partition coefficient (Wildman–Crippen LogP) is 2.42. The summed E-state index contributed by atoms with van der Waals surface area (Å²) in [5, 5.41) is 13.4. The number of thioether (sulfide) groups is 1. The van der Waals surface area contributed by atoms with Crippen molar-refractivity contribution in [3.8, 4) is 0 Å². The molecule has 1 aliphatic heterocycles. The minimum Gasteiger partial charge on any atom is -0.369 e. The maximum atomic E-state index is 12.1. The molecule has 2 aromatic rings. The van der Waals surface area contributed by atoms with Gasteiger partial charge in [-0.05, 0) is 37.1 Å². The van der Waals surface area contributed by atoms with Gasteiger partial charge >= 0.3 is 0 Å².